The molecule has 1 unspecified atom stereocenters. The fourth-order valence-corrected chi connectivity index (χ4v) is 5.06. The number of cyclic esters (lactones) is 1. The lowest BCUT2D eigenvalue weighted by Gasteiger charge is -2.22. The van der Waals surface area contributed by atoms with Crippen LogP contribution in [0.1, 0.15) is 80.5 Å². The van der Waals surface area contributed by atoms with E-state index in [1.54, 1.807) is 23.6 Å². The van der Waals surface area contributed by atoms with Crippen molar-refractivity contribution in [2.75, 3.05) is 0 Å². The van der Waals surface area contributed by atoms with Gasteiger partial charge < -0.3 is 14.4 Å². The van der Waals surface area contributed by atoms with Gasteiger partial charge >= 0.3 is 5.97 Å². The summed E-state index contributed by atoms with van der Waals surface area (Å²) in [5.41, 5.74) is 5.86. The van der Waals surface area contributed by atoms with Gasteiger partial charge in [0.15, 0.2) is 6.10 Å². The highest BCUT2D eigenvalue weighted by atomic mass is 19.1. The molecule has 1 atom stereocenters. The average molecular weight is 495 g/mol. The van der Waals surface area contributed by atoms with Gasteiger partial charge in [0.2, 0.25) is 0 Å². The molecular weight excluding hydrogens is 459 g/mol. The molecule has 6 nitrogen and oxygen atoms in total. The first kappa shape index (κ1) is 27.3. The van der Waals surface area contributed by atoms with Gasteiger partial charge in [-0.3, -0.25) is 4.79 Å². The number of nitrogens with zero attached hydrogens (tertiary/aromatic N) is 2. The molecule has 7 heteroatoms. The van der Waals surface area contributed by atoms with E-state index in [4.69, 9.17) is 9.72 Å². The predicted octanol–water partition coefficient (Wildman–Crippen LogP) is 5.70. The van der Waals surface area contributed by atoms with E-state index in [-0.39, 0.29) is 23.5 Å². The number of carbonyl (C=O) groups is 1. The number of aliphatic hydroxyl groups is 1. The second-order valence-corrected chi connectivity index (χ2v) is 8.40. The molecule has 1 aromatic carbocycles. The van der Waals surface area contributed by atoms with E-state index < -0.39 is 12.1 Å². The summed E-state index contributed by atoms with van der Waals surface area (Å²) in [6.45, 7) is 15.3. The summed E-state index contributed by atoms with van der Waals surface area (Å²) in [4.78, 5) is 29.6. The first-order chi connectivity index (χ1) is 17.4. The van der Waals surface area contributed by atoms with Gasteiger partial charge in [-0.15, -0.1) is 6.58 Å². The number of ether oxygens (including phenoxy) is 1. The van der Waals surface area contributed by atoms with Gasteiger partial charge in [-0.2, -0.15) is 0 Å². The number of esters is 1. The number of fused-ring (bicyclic) bond motifs is 5. The van der Waals surface area contributed by atoms with Gasteiger partial charge in [-0.1, -0.05) is 33.8 Å². The summed E-state index contributed by atoms with van der Waals surface area (Å²) in [5, 5.41) is 11.2. The maximum atomic E-state index is 14.5. The maximum Gasteiger partial charge on any atom is 0.340 e. The Morgan fingerprint density at radius 1 is 1.11 bits per heavy atom. The number of benzene rings is 1. The molecule has 3 aliphatic rings. The van der Waals surface area contributed by atoms with E-state index in [2.05, 4.69) is 6.58 Å². The number of carbonyl (C=O) groups excluding carboxylic acids is 1. The van der Waals surface area contributed by atoms with Crippen LogP contribution in [0.15, 0.2) is 29.6 Å². The Bertz CT molecular complexity index is 1390. The lowest BCUT2D eigenvalue weighted by Crippen LogP contribution is -2.32. The quantitative estimate of drug-likeness (QED) is 0.251. The summed E-state index contributed by atoms with van der Waals surface area (Å²) < 4.78 is 21.1. The predicted molar refractivity (Wildman–Crippen MR) is 141 cm³/mol. The lowest BCUT2D eigenvalue weighted by molar-refractivity contribution is -0.157. The highest BCUT2D eigenvalue weighted by molar-refractivity contribution is 5.92. The first-order valence-corrected chi connectivity index (χ1v) is 12.7. The van der Waals surface area contributed by atoms with Crippen LogP contribution in [0, 0.1) is 12.7 Å². The van der Waals surface area contributed by atoms with Crippen LogP contribution >= 0.6 is 0 Å². The van der Waals surface area contributed by atoms with Crippen LogP contribution in [0.4, 0.5) is 4.39 Å². The molecule has 0 saturated heterocycles. The number of rotatable bonds is 0. The number of aromatic nitrogens is 2. The molecule has 0 radical (unpaired) electrons. The van der Waals surface area contributed by atoms with Crippen molar-refractivity contribution in [3.8, 4) is 11.4 Å². The molecule has 0 amide bonds. The van der Waals surface area contributed by atoms with Crippen LogP contribution in [-0.4, -0.2) is 20.6 Å². The molecule has 1 N–H and O–H groups in total. The highest BCUT2D eigenvalue weighted by Gasteiger charge is 2.35. The second-order valence-electron chi connectivity index (χ2n) is 8.40. The molecule has 0 fully saturated rings. The molecule has 3 aromatic rings. The Morgan fingerprint density at radius 2 is 1.75 bits per heavy atom. The van der Waals surface area contributed by atoms with E-state index in [0.717, 1.165) is 41.3 Å². The standard InChI is InChI=1S/C22H17FN2O4.C3H6.2C2H6/c1-9-10-3-2-4-11-13-7-25-17(19(13)24-16(18(10)11)6-15(9)23)5-12-14(21(25)27)8-29-22(28)20(12)26;1-3-2;2*1-2/h5-6,20,26H,2-4,7-8H2,1H3;3H,1H2,2H3;2*1-2H3. The van der Waals surface area contributed by atoms with Gasteiger partial charge in [0.25, 0.3) is 5.56 Å². The van der Waals surface area contributed by atoms with E-state index in [0.29, 0.717) is 34.6 Å². The van der Waals surface area contributed by atoms with Crippen molar-refractivity contribution < 1.29 is 19.0 Å². The van der Waals surface area contributed by atoms with Crippen molar-refractivity contribution in [2.24, 2.45) is 0 Å². The van der Waals surface area contributed by atoms with Crippen molar-refractivity contribution >= 4 is 16.9 Å². The van der Waals surface area contributed by atoms with Crippen molar-refractivity contribution in [2.45, 2.75) is 80.1 Å². The van der Waals surface area contributed by atoms with E-state index in [1.807, 2.05) is 34.6 Å². The van der Waals surface area contributed by atoms with Crippen LogP contribution in [0.5, 0.6) is 0 Å². The molecule has 0 bridgehead atoms. The fourth-order valence-electron chi connectivity index (χ4n) is 5.06. The molecule has 4 heterocycles. The molecule has 2 aliphatic heterocycles. The minimum Gasteiger partial charge on any atom is -0.458 e. The average Bonchev–Trinajstić information content (AvgIpc) is 3.27. The Kier molecular flexibility index (Phi) is 8.46. The Balaban J connectivity index is 0.000000473. The Morgan fingerprint density at radius 3 is 2.42 bits per heavy atom. The number of allylic oxidation sites excluding steroid dienone is 1. The number of pyridine rings is 2. The van der Waals surface area contributed by atoms with Crippen molar-refractivity contribution in [1.29, 1.82) is 0 Å². The summed E-state index contributed by atoms with van der Waals surface area (Å²) in [6, 6.07) is 3.13. The van der Waals surface area contributed by atoms with Crippen LogP contribution in [0.2, 0.25) is 0 Å². The van der Waals surface area contributed by atoms with Crippen LogP contribution in [-0.2, 0) is 35.5 Å². The van der Waals surface area contributed by atoms with Crippen LogP contribution < -0.4 is 5.56 Å². The zero-order chi connectivity index (χ0) is 26.7. The normalized spacial score (nSPS) is 16.0. The number of halogens is 1. The van der Waals surface area contributed by atoms with Crippen LogP contribution in [0.25, 0.3) is 22.3 Å². The van der Waals surface area contributed by atoms with E-state index in [9.17, 15) is 19.1 Å². The number of aryl methyl sites for hydroxylation is 2. The smallest absolute Gasteiger partial charge is 0.340 e. The van der Waals surface area contributed by atoms with E-state index >= 15 is 0 Å². The topological polar surface area (TPSA) is 81.4 Å². The molecule has 0 spiro atoms. The SMILES string of the molecule is C=CC.CC.CC.Cc1c(F)cc2nc3c(c4c2c1CCC4)Cn1c-3cc2c(c1=O)COC(=O)C2O. The second kappa shape index (κ2) is 11.2. The monoisotopic (exact) mass is 494 g/mol. The molecule has 36 heavy (non-hydrogen) atoms. The van der Waals surface area contributed by atoms with Gasteiger partial charge in [-0.05, 0) is 55.9 Å². The van der Waals surface area contributed by atoms with Gasteiger partial charge in [-0.25, -0.2) is 14.2 Å². The lowest BCUT2D eigenvalue weighted by atomic mass is 9.85. The number of hydrogen-bond donors (Lipinski definition) is 1. The van der Waals surface area contributed by atoms with E-state index in [1.165, 1.54) is 6.07 Å². The molecule has 0 saturated carbocycles. The summed E-state index contributed by atoms with van der Waals surface area (Å²) in [7, 11) is 0. The summed E-state index contributed by atoms with van der Waals surface area (Å²) >= 11 is 0. The fraction of sp³-hybridized carbons (Fsp3) is 0.414. The van der Waals surface area contributed by atoms with Gasteiger partial charge in [0.05, 0.1) is 29.0 Å². The number of aliphatic hydroxyl groups excluding tert-OH is 1. The molecule has 192 valence electrons. The Hall–Kier alpha value is -3.32. The molecule has 1 aliphatic carbocycles. The third-order valence-electron chi connectivity index (χ3n) is 6.54. The third kappa shape index (κ3) is 4.26. The molecular formula is C29H35FN2O4. The van der Waals surface area contributed by atoms with Crippen molar-refractivity contribution in [3.63, 3.8) is 0 Å². The number of hydrogen-bond acceptors (Lipinski definition) is 5. The zero-order valence-electron chi connectivity index (χ0n) is 22.0. The summed E-state index contributed by atoms with van der Waals surface area (Å²) in [5.74, 6) is -1.03. The minimum absolute atomic E-state index is 0.141. The van der Waals surface area contributed by atoms with Gasteiger partial charge in [0, 0.05) is 22.6 Å². The van der Waals surface area contributed by atoms with Crippen molar-refractivity contribution in [1.82, 2.24) is 9.55 Å². The first-order valence-electron chi connectivity index (χ1n) is 12.7. The summed E-state index contributed by atoms with van der Waals surface area (Å²) in [6.07, 6.45) is 2.87. The highest BCUT2D eigenvalue weighted by Crippen LogP contribution is 2.41. The largest absolute Gasteiger partial charge is 0.458 e. The maximum absolute atomic E-state index is 14.5. The molecule has 2 aromatic heterocycles. The van der Waals surface area contributed by atoms with Crippen LogP contribution in [0.3, 0.4) is 0 Å². The van der Waals surface area contributed by atoms with Gasteiger partial charge in [0.1, 0.15) is 12.4 Å². The minimum atomic E-state index is -1.48. The molecule has 6 rings (SSSR count). The zero-order valence-corrected chi connectivity index (χ0v) is 22.0. The van der Waals surface area contributed by atoms with Crippen molar-refractivity contribution in [3.05, 3.63) is 74.3 Å². The Labute approximate surface area is 211 Å². The third-order valence-corrected chi connectivity index (χ3v) is 6.54.